The van der Waals surface area contributed by atoms with E-state index < -0.39 is 0 Å². The molecule has 2 aromatic rings. The van der Waals surface area contributed by atoms with Gasteiger partial charge in [0.25, 0.3) is 0 Å². The molecule has 0 saturated heterocycles. The van der Waals surface area contributed by atoms with Crippen molar-refractivity contribution in [2.45, 2.75) is 47.6 Å². The van der Waals surface area contributed by atoms with Crippen molar-refractivity contribution in [3.05, 3.63) is 41.2 Å². The minimum absolute atomic E-state index is 0.0627. The highest BCUT2D eigenvalue weighted by molar-refractivity contribution is 5.94. The SMILES string of the molecule is CCC(=O)Nc1ccc(C)c(NC(=O)NC[C@H](C)Cn2nc(C)cc2C)c1. The predicted octanol–water partition coefficient (Wildman–Crippen LogP) is 3.61. The molecule has 0 radical (unpaired) electrons. The summed E-state index contributed by atoms with van der Waals surface area (Å²) in [5, 5.41) is 13.0. The van der Waals surface area contributed by atoms with Gasteiger partial charge in [0.1, 0.15) is 0 Å². The quantitative estimate of drug-likeness (QED) is 0.695. The molecule has 0 aliphatic carbocycles. The number of urea groups is 1. The molecule has 0 unspecified atom stereocenters. The summed E-state index contributed by atoms with van der Waals surface area (Å²) in [5.74, 6) is 0.178. The first-order valence-corrected chi connectivity index (χ1v) is 9.25. The highest BCUT2D eigenvalue weighted by Gasteiger charge is 2.10. The van der Waals surface area contributed by atoms with Gasteiger partial charge in [0.05, 0.1) is 5.69 Å². The van der Waals surface area contributed by atoms with Gasteiger partial charge in [0.15, 0.2) is 0 Å². The van der Waals surface area contributed by atoms with Crippen LogP contribution < -0.4 is 16.0 Å². The van der Waals surface area contributed by atoms with Crippen LogP contribution in [0.3, 0.4) is 0 Å². The Bertz CT molecular complexity index is 813. The Hall–Kier alpha value is -2.83. The van der Waals surface area contributed by atoms with Crippen LogP contribution in [0.25, 0.3) is 0 Å². The normalized spacial score (nSPS) is 11.7. The monoisotopic (exact) mass is 371 g/mol. The van der Waals surface area contributed by atoms with E-state index in [0.717, 1.165) is 23.5 Å². The van der Waals surface area contributed by atoms with Crippen LogP contribution in [0, 0.1) is 26.7 Å². The zero-order valence-electron chi connectivity index (χ0n) is 16.7. The lowest BCUT2D eigenvalue weighted by atomic mass is 10.1. The molecular formula is C20H29N5O2. The van der Waals surface area contributed by atoms with Crippen LogP contribution in [0.4, 0.5) is 16.2 Å². The molecule has 0 aliphatic rings. The molecule has 1 atom stereocenters. The summed E-state index contributed by atoms with van der Waals surface area (Å²) in [7, 11) is 0. The van der Waals surface area contributed by atoms with Gasteiger partial charge < -0.3 is 16.0 Å². The summed E-state index contributed by atoms with van der Waals surface area (Å²) >= 11 is 0. The van der Waals surface area contributed by atoms with Crippen molar-refractivity contribution in [3.8, 4) is 0 Å². The van der Waals surface area contributed by atoms with Gasteiger partial charge in [-0.2, -0.15) is 5.10 Å². The van der Waals surface area contributed by atoms with Crippen molar-refractivity contribution in [2.75, 3.05) is 17.2 Å². The van der Waals surface area contributed by atoms with Gasteiger partial charge in [0, 0.05) is 36.6 Å². The fourth-order valence-electron chi connectivity index (χ4n) is 2.74. The number of aromatic nitrogens is 2. The number of aryl methyl sites for hydroxylation is 3. The average Bonchev–Trinajstić information content (AvgIpc) is 2.93. The van der Waals surface area contributed by atoms with Crippen molar-refractivity contribution in [3.63, 3.8) is 0 Å². The summed E-state index contributed by atoms with van der Waals surface area (Å²) < 4.78 is 1.96. The lowest BCUT2D eigenvalue weighted by Crippen LogP contribution is -2.34. The lowest BCUT2D eigenvalue weighted by Gasteiger charge is -2.16. The second-order valence-corrected chi connectivity index (χ2v) is 6.98. The van der Waals surface area contributed by atoms with Crippen LogP contribution in [-0.2, 0) is 11.3 Å². The minimum atomic E-state index is -0.266. The number of carbonyl (C=O) groups excluding carboxylic acids is 2. The van der Waals surface area contributed by atoms with E-state index >= 15 is 0 Å². The van der Waals surface area contributed by atoms with Gasteiger partial charge in [0.2, 0.25) is 5.91 Å². The Morgan fingerprint density at radius 3 is 2.52 bits per heavy atom. The summed E-state index contributed by atoms with van der Waals surface area (Å²) in [6, 6.07) is 7.23. The number of nitrogens with one attached hydrogen (secondary N) is 3. The third-order valence-electron chi connectivity index (χ3n) is 4.29. The van der Waals surface area contributed by atoms with E-state index in [0.29, 0.717) is 24.3 Å². The van der Waals surface area contributed by atoms with E-state index in [1.54, 1.807) is 13.0 Å². The number of rotatable bonds is 7. The van der Waals surface area contributed by atoms with Crippen LogP contribution in [0.1, 0.15) is 37.2 Å². The molecule has 1 heterocycles. The zero-order chi connectivity index (χ0) is 20.0. The van der Waals surface area contributed by atoms with Gasteiger partial charge >= 0.3 is 6.03 Å². The summed E-state index contributed by atoms with van der Waals surface area (Å²) in [6.45, 7) is 11.1. The summed E-state index contributed by atoms with van der Waals surface area (Å²) in [4.78, 5) is 23.8. The molecule has 1 aromatic heterocycles. The molecule has 1 aromatic carbocycles. The van der Waals surface area contributed by atoms with Crippen LogP contribution >= 0.6 is 0 Å². The Balaban J connectivity index is 1.88. The van der Waals surface area contributed by atoms with E-state index in [4.69, 9.17) is 0 Å². The molecule has 146 valence electrons. The topological polar surface area (TPSA) is 88.0 Å². The van der Waals surface area contributed by atoms with Crippen molar-refractivity contribution >= 4 is 23.3 Å². The number of hydrogen-bond acceptors (Lipinski definition) is 3. The highest BCUT2D eigenvalue weighted by atomic mass is 16.2. The van der Waals surface area contributed by atoms with Crippen molar-refractivity contribution in [1.82, 2.24) is 15.1 Å². The van der Waals surface area contributed by atoms with Crippen LogP contribution in [-0.4, -0.2) is 28.3 Å². The Morgan fingerprint density at radius 1 is 1.15 bits per heavy atom. The van der Waals surface area contributed by atoms with Gasteiger partial charge in [-0.15, -0.1) is 0 Å². The summed E-state index contributed by atoms with van der Waals surface area (Å²) in [6.07, 6.45) is 0.407. The van der Waals surface area contributed by atoms with E-state index in [9.17, 15) is 9.59 Å². The van der Waals surface area contributed by atoms with E-state index in [1.165, 1.54) is 0 Å². The number of anilines is 2. The standard InChI is InChI=1S/C20H29N5O2/c1-6-19(26)22-17-8-7-14(3)18(10-17)23-20(27)21-11-13(2)12-25-16(5)9-15(4)24-25/h7-10,13H,6,11-12H2,1-5H3,(H,22,26)(H2,21,23,27)/t13-/m0/s1. The Kier molecular flexibility index (Phi) is 6.98. The first-order chi connectivity index (χ1) is 12.8. The zero-order valence-corrected chi connectivity index (χ0v) is 16.7. The van der Waals surface area contributed by atoms with Crippen LogP contribution in [0.2, 0.25) is 0 Å². The van der Waals surface area contributed by atoms with Gasteiger partial charge in [-0.05, 0) is 50.5 Å². The Morgan fingerprint density at radius 2 is 1.89 bits per heavy atom. The van der Waals surface area contributed by atoms with Crippen molar-refractivity contribution < 1.29 is 9.59 Å². The average molecular weight is 371 g/mol. The molecule has 0 spiro atoms. The summed E-state index contributed by atoms with van der Waals surface area (Å²) in [5.41, 5.74) is 4.38. The Labute approximate surface area is 160 Å². The van der Waals surface area contributed by atoms with E-state index in [2.05, 4.69) is 28.0 Å². The third-order valence-corrected chi connectivity index (χ3v) is 4.29. The predicted molar refractivity (Wildman–Crippen MR) is 108 cm³/mol. The maximum absolute atomic E-state index is 12.3. The number of benzene rings is 1. The molecular weight excluding hydrogens is 342 g/mol. The molecule has 2 rings (SSSR count). The molecule has 0 fully saturated rings. The second-order valence-electron chi connectivity index (χ2n) is 6.98. The van der Waals surface area contributed by atoms with Crippen molar-refractivity contribution in [2.24, 2.45) is 5.92 Å². The molecule has 0 saturated carbocycles. The smallest absolute Gasteiger partial charge is 0.319 e. The van der Waals surface area contributed by atoms with Crippen LogP contribution in [0.15, 0.2) is 24.3 Å². The maximum atomic E-state index is 12.3. The molecule has 0 bridgehead atoms. The van der Waals surface area contributed by atoms with Gasteiger partial charge in [-0.1, -0.05) is 19.9 Å². The highest BCUT2D eigenvalue weighted by Crippen LogP contribution is 2.20. The van der Waals surface area contributed by atoms with E-state index in [1.807, 2.05) is 43.7 Å². The molecule has 7 heteroatoms. The third kappa shape index (κ3) is 6.13. The van der Waals surface area contributed by atoms with Gasteiger partial charge in [-0.25, -0.2) is 4.79 Å². The largest absolute Gasteiger partial charge is 0.338 e. The van der Waals surface area contributed by atoms with Gasteiger partial charge in [-0.3, -0.25) is 9.48 Å². The fraction of sp³-hybridized carbons (Fsp3) is 0.450. The molecule has 3 N–H and O–H groups in total. The lowest BCUT2D eigenvalue weighted by molar-refractivity contribution is -0.115. The molecule has 7 nitrogen and oxygen atoms in total. The second kappa shape index (κ2) is 9.21. The number of nitrogens with zero attached hydrogens (tertiary/aromatic N) is 2. The number of hydrogen-bond donors (Lipinski definition) is 3. The number of carbonyl (C=O) groups is 2. The minimum Gasteiger partial charge on any atom is -0.338 e. The first kappa shape index (κ1) is 20.5. The van der Waals surface area contributed by atoms with Crippen molar-refractivity contribution in [1.29, 1.82) is 0 Å². The van der Waals surface area contributed by atoms with Crippen LogP contribution in [0.5, 0.6) is 0 Å². The first-order valence-electron chi connectivity index (χ1n) is 9.25. The maximum Gasteiger partial charge on any atom is 0.319 e. The molecule has 0 aliphatic heterocycles. The molecule has 3 amide bonds. The number of amides is 3. The molecule has 27 heavy (non-hydrogen) atoms. The van der Waals surface area contributed by atoms with E-state index in [-0.39, 0.29) is 17.9 Å². The fourth-order valence-corrected chi connectivity index (χ4v) is 2.74.